The molecule has 0 radical (unpaired) electrons. The van der Waals surface area contributed by atoms with Crippen molar-refractivity contribution in [2.45, 2.75) is 51.5 Å². The summed E-state index contributed by atoms with van der Waals surface area (Å²) in [6.07, 6.45) is 7.67. The lowest BCUT2D eigenvalue weighted by atomic mass is 9.94. The zero-order valence-corrected chi connectivity index (χ0v) is 11.7. The second kappa shape index (κ2) is 8.90. The van der Waals surface area contributed by atoms with Crippen LogP contribution in [-0.2, 0) is 4.74 Å². The van der Waals surface area contributed by atoms with Gasteiger partial charge in [0.25, 0.3) is 0 Å². The average Bonchev–Trinajstić information content (AvgIpc) is 2.83. The molecule has 3 nitrogen and oxygen atoms in total. The van der Waals surface area contributed by atoms with Gasteiger partial charge in [0, 0.05) is 12.6 Å². The summed E-state index contributed by atoms with van der Waals surface area (Å²) >= 11 is 0. The maximum absolute atomic E-state index is 5.66. The summed E-state index contributed by atoms with van der Waals surface area (Å²) in [5.41, 5.74) is 5.66. The van der Waals surface area contributed by atoms with Gasteiger partial charge in [-0.15, -0.1) is 0 Å². The third kappa shape index (κ3) is 5.84. The van der Waals surface area contributed by atoms with Crippen molar-refractivity contribution in [1.82, 2.24) is 4.90 Å². The van der Waals surface area contributed by atoms with Gasteiger partial charge in [-0.25, -0.2) is 0 Å². The highest BCUT2D eigenvalue weighted by Gasteiger charge is 2.19. The van der Waals surface area contributed by atoms with E-state index in [-0.39, 0.29) is 0 Å². The van der Waals surface area contributed by atoms with E-state index in [1.807, 2.05) is 0 Å². The van der Waals surface area contributed by atoms with E-state index in [0.29, 0.717) is 6.04 Å². The van der Waals surface area contributed by atoms with Gasteiger partial charge >= 0.3 is 0 Å². The van der Waals surface area contributed by atoms with E-state index in [1.165, 1.54) is 45.1 Å². The molecule has 0 aliphatic carbocycles. The number of nitrogens with two attached hydrogens (primary N) is 1. The Balaban J connectivity index is 2.11. The predicted molar refractivity (Wildman–Crippen MR) is 73.2 cm³/mol. The molecule has 1 saturated heterocycles. The Morgan fingerprint density at radius 3 is 2.76 bits per heavy atom. The SMILES string of the molecule is CCCC(CCN)CCCN(C)C1CCOC1. The first-order valence-corrected chi connectivity index (χ1v) is 7.26. The smallest absolute Gasteiger partial charge is 0.0622 e. The summed E-state index contributed by atoms with van der Waals surface area (Å²) in [6, 6.07) is 0.661. The van der Waals surface area contributed by atoms with E-state index in [0.717, 1.165) is 25.7 Å². The van der Waals surface area contributed by atoms with Gasteiger partial charge in [0.15, 0.2) is 0 Å². The van der Waals surface area contributed by atoms with Gasteiger partial charge in [0.1, 0.15) is 0 Å². The van der Waals surface area contributed by atoms with Crippen molar-refractivity contribution in [3.63, 3.8) is 0 Å². The summed E-state index contributed by atoms with van der Waals surface area (Å²) in [4.78, 5) is 2.47. The molecule has 1 fully saturated rings. The molecule has 17 heavy (non-hydrogen) atoms. The Labute approximate surface area is 107 Å². The molecule has 3 heteroatoms. The van der Waals surface area contributed by atoms with Crippen molar-refractivity contribution >= 4 is 0 Å². The van der Waals surface area contributed by atoms with Crippen LogP contribution in [0.4, 0.5) is 0 Å². The Bertz CT molecular complexity index is 173. The Morgan fingerprint density at radius 1 is 1.35 bits per heavy atom. The molecule has 102 valence electrons. The number of hydrogen-bond donors (Lipinski definition) is 1. The van der Waals surface area contributed by atoms with Gasteiger partial charge in [-0.3, -0.25) is 0 Å². The summed E-state index contributed by atoms with van der Waals surface area (Å²) in [7, 11) is 2.23. The maximum Gasteiger partial charge on any atom is 0.0622 e. The third-order valence-electron chi connectivity index (χ3n) is 3.92. The first-order chi connectivity index (χ1) is 8.27. The van der Waals surface area contributed by atoms with Crippen LogP contribution in [0.1, 0.15) is 45.4 Å². The standard InChI is InChI=1S/C14H30N2O/c1-3-5-13(7-9-15)6-4-10-16(2)14-8-11-17-12-14/h13-14H,3-12,15H2,1-2H3. The summed E-state index contributed by atoms with van der Waals surface area (Å²) in [5, 5.41) is 0. The fraction of sp³-hybridized carbons (Fsp3) is 1.00. The molecule has 0 aromatic heterocycles. The topological polar surface area (TPSA) is 38.5 Å². The fourth-order valence-electron chi connectivity index (χ4n) is 2.76. The Kier molecular flexibility index (Phi) is 7.82. The number of ether oxygens (including phenoxy) is 1. The first kappa shape index (κ1) is 14.9. The number of nitrogens with zero attached hydrogens (tertiary/aromatic N) is 1. The highest BCUT2D eigenvalue weighted by Crippen LogP contribution is 2.18. The second-order valence-corrected chi connectivity index (χ2v) is 5.37. The summed E-state index contributed by atoms with van der Waals surface area (Å²) < 4.78 is 5.42. The van der Waals surface area contributed by atoms with Crippen molar-refractivity contribution in [3.8, 4) is 0 Å². The molecule has 1 heterocycles. The lowest BCUT2D eigenvalue weighted by Crippen LogP contribution is -2.32. The molecule has 1 rings (SSSR count). The molecule has 2 N–H and O–H groups in total. The van der Waals surface area contributed by atoms with Gasteiger partial charge < -0.3 is 15.4 Å². The minimum Gasteiger partial charge on any atom is -0.380 e. The number of likely N-dealkylation sites (N-methyl/N-ethyl adjacent to an activating group) is 1. The van der Waals surface area contributed by atoms with E-state index >= 15 is 0 Å². The van der Waals surface area contributed by atoms with Crippen molar-refractivity contribution in [2.75, 3.05) is 33.4 Å². The highest BCUT2D eigenvalue weighted by molar-refractivity contribution is 4.73. The predicted octanol–water partition coefficient (Wildman–Crippen LogP) is 2.25. The quantitative estimate of drug-likeness (QED) is 0.674. The molecule has 1 aliphatic heterocycles. The van der Waals surface area contributed by atoms with Crippen LogP contribution in [-0.4, -0.2) is 44.3 Å². The molecule has 1 aliphatic rings. The van der Waals surface area contributed by atoms with Gasteiger partial charge in [0.2, 0.25) is 0 Å². The van der Waals surface area contributed by atoms with Crippen LogP contribution in [0.25, 0.3) is 0 Å². The monoisotopic (exact) mass is 242 g/mol. The van der Waals surface area contributed by atoms with E-state index in [2.05, 4.69) is 18.9 Å². The number of hydrogen-bond acceptors (Lipinski definition) is 3. The first-order valence-electron chi connectivity index (χ1n) is 7.26. The van der Waals surface area contributed by atoms with E-state index in [4.69, 9.17) is 10.5 Å². The maximum atomic E-state index is 5.66. The van der Waals surface area contributed by atoms with E-state index < -0.39 is 0 Å². The van der Waals surface area contributed by atoms with Crippen LogP contribution >= 0.6 is 0 Å². The zero-order chi connectivity index (χ0) is 12.5. The molecule has 0 saturated carbocycles. The normalized spacial score (nSPS) is 22.2. The molecule has 0 amide bonds. The Hall–Kier alpha value is -0.120. The number of rotatable bonds is 9. The van der Waals surface area contributed by atoms with Gasteiger partial charge in [0.05, 0.1) is 6.61 Å². The van der Waals surface area contributed by atoms with Crippen LogP contribution in [0.3, 0.4) is 0 Å². The molecule has 0 aromatic carbocycles. The van der Waals surface area contributed by atoms with Crippen molar-refractivity contribution in [1.29, 1.82) is 0 Å². The minimum absolute atomic E-state index is 0.661. The fourth-order valence-corrected chi connectivity index (χ4v) is 2.76. The molecule has 2 unspecified atom stereocenters. The van der Waals surface area contributed by atoms with Gasteiger partial charge in [-0.05, 0) is 51.7 Å². The van der Waals surface area contributed by atoms with Crippen LogP contribution in [0.15, 0.2) is 0 Å². The molecular weight excluding hydrogens is 212 g/mol. The van der Waals surface area contributed by atoms with Crippen molar-refractivity contribution in [2.24, 2.45) is 11.7 Å². The van der Waals surface area contributed by atoms with Gasteiger partial charge in [-0.1, -0.05) is 19.8 Å². The lowest BCUT2D eigenvalue weighted by Gasteiger charge is -2.24. The molecule has 2 atom stereocenters. The van der Waals surface area contributed by atoms with Crippen LogP contribution in [0, 0.1) is 5.92 Å². The van der Waals surface area contributed by atoms with E-state index in [1.54, 1.807) is 0 Å². The van der Waals surface area contributed by atoms with Crippen LogP contribution < -0.4 is 5.73 Å². The third-order valence-corrected chi connectivity index (χ3v) is 3.92. The molecule has 0 bridgehead atoms. The highest BCUT2D eigenvalue weighted by atomic mass is 16.5. The van der Waals surface area contributed by atoms with Crippen molar-refractivity contribution in [3.05, 3.63) is 0 Å². The summed E-state index contributed by atoms with van der Waals surface area (Å²) in [6.45, 7) is 6.19. The van der Waals surface area contributed by atoms with Crippen LogP contribution in [0.2, 0.25) is 0 Å². The second-order valence-electron chi connectivity index (χ2n) is 5.37. The van der Waals surface area contributed by atoms with Gasteiger partial charge in [-0.2, -0.15) is 0 Å². The molecule has 0 aromatic rings. The molecular formula is C14H30N2O. The average molecular weight is 242 g/mol. The lowest BCUT2D eigenvalue weighted by molar-refractivity contribution is 0.157. The van der Waals surface area contributed by atoms with Crippen molar-refractivity contribution < 1.29 is 4.74 Å². The minimum atomic E-state index is 0.661. The van der Waals surface area contributed by atoms with E-state index in [9.17, 15) is 0 Å². The largest absolute Gasteiger partial charge is 0.380 e. The van der Waals surface area contributed by atoms with Crippen LogP contribution in [0.5, 0.6) is 0 Å². The Morgan fingerprint density at radius 2 is 2.18 bits per heavy atom. The molecule has 0 spiro atoms. The summed E-state index contributed by atoms with van der Waals surface area (Å²) in [5.74, 6) is 0.846. The zero-order valence-electron chi connectivity index (χ0n) is 11.7.